The van der Waals surface area contributed by atoms with Crippen LogP contribution in [-0.2, 0) is 4.74 Å². The maximum atomic E-state index is 5.89. The zero-order chi connectivity index (χ0) is 14.9. The first-order valence-corrected chi connectivity index (χ1v) is 7.41. The highest BCUT2D eigenvalue weighted by Crippen LogP contribution is 2.30. The topological polar surface area (TPSA) is 21.6 Å². The van der Waals surface area contributed by atoms with Gasteiger partial charge in [-0.1, -0.05) is 69.3 Å². The maximum absolute atomic E-state index is 5.89. The highest BCUT2D eigenvalue weighted by Gasteiger charge is 2.31. The third-order valence-corrected chi connectivity index (χ3v) is 3.89. The fourth-order valence-corrected chi connectivity index (χ4v) is 2.50. The largest absolute Gasteiger partial charge is 0.475 e. The van der Waals surface area contributed by atoms with Crippen LogP contribution < -0.4 is 0 Å². The normalized spacial score (nSPS) is 18.2. The van der Waals surface area contributed by atoms with Crippen molar-refractivity contribution in [2.24, 2.45) is 10.4 Å². The van der Waals surface area contributed by atoms with E-state index in [4.69, 9.17) is 9.73 Å². The van der Waals surface area contributed by atoms with E-state index in [0.717, 1.165) is 11.5 Å². The molecule has 1 atom stereocenters. The molecule has 0 aliphatic carbocycles. The van der Waals surface area contributed by atoms with Gasteiger partial charge in [-0.15, -0.1) is 0 Å². The number of hydrogen-bond acceptors (Lipinski definition) is 2. The number of ether oxygens (including phenoxy) is 1. The van der Waals surface area contributed by atoms with Crippen molar-refractivity contribution in [3.8, 4) is 11.1 Å². The van der Waals surface area contributed by atoms with Gasteiger partial charge in [-0.25, -0.2) is 4.99 Å². The van der Waals surface area contributed by atoms with Crippen molar-refractivity contribution in [1.29, 1.82) is 0 Å². The van der Waals surface area contributed by atoms with E-state index in [9.17, 15) is 0 Å². The van der Waals surface area contributed by atoms with E-state index in [-0.39, 0.29) is 11.5 Å². The van der Waals surface area contributed by atoms with Crippen LogP contribution in [0, 0.1) is 5.41 Å². The van der Waals surface area contributed by atoms with Gasteiger partial charge in [0, 0.05) is 5.56 Å². The Labute approximate surface area is 126 Å². The Morgan fingerprint density at radius 3 is 2.14 bits per heavy atom. The Kier molecular flexibility index (Phi) is 3.54. The average Bonchev–Trinajstić information content (AvgIpc) is 2.98. The van der Waals surface area contributed by atoms with Gasteiger partial charge in [0.1, 0.15) is 6.61 Å². The first kappa shape index (κ1) is 13.9. The second kappa shape index (κ2) is 5.36. The molecule has 1 heterocycles. The smallest absolute Gasteiger partial charge is 0.217 e. The fraction of sp³-hybridized carbons (Fsp3) is 0.316. The maximum Gasteiger partial charge on any atom is 0.217 e. The first-order chi connectivity index (χ1) is 10.1. The van der Waals surface area contributed by atoms with Crippen LogP contribution in [0.2, 0.25) is 0 Å². The third-order valence-electron chi connectivity index (χ3n) is 3.89. The van der Waals surface area contributed by atoms with Gasteiger partial charge in [-0.05, 0) is 22.6 Å². The SMILES string of the molecule is CC(C)(C)[C@H]1COC(c2ccccc2-c2ccccc2)=N1. The number of nitrogens with zero attached hydrogens (tertiary/aromatic N) is 1. The summed E-state index contributed by atoms with van der Waals surface area (Å²) in [6.07, 6.45) is 0. The second-order valence-corrected chi connectivity index (χ2v) is 6.54. The van der Waals surface area contributed by atoms with Crippen LogP contribution in [0.4, 0.5) is 0 Å². The molecule has 0 aromatic heterocycles. The molecule has 1 aliphatic rings. The molecule has 2 heteroatoms. The van der Waals surface area contributed by atoms with Crippen molar-refractivity contribution in [2.45, 2.75) is 26.8 Å². The molecule has 2 nitrogen and oxygen atoms in total. The summed E-state index contributed by atoms with van der Waals surface area (Å²) in [5, 5.41) is 0. The lowest BCUT2D eigenvalue weighted by molar-refractivity contribution is 0.236. The minimum absolute atomic E-state index is 0.128. The predicted molar refractivity (Wildman–Crippen MR) is 87.6 cm³/mol. The van der Waals surface area contributed by atoms with Crippen LogP contribution in [0.1, 0.15) is 26.3 Å². The number of benzene rings is 2. The molecule has 0 unspecified atom stereocenters. The van der Waals surface area contributed by atoms with Gasteiger partial charge < -0.3 is 4.74 Å². The molecule has 0 spiro atoms. The Morgan fingerprint density at radius 1 is 0.905 bits per heavy atom. The van der Waals surface area contributed by atoms with Gasteiger partial charge in [0.2, 0.25) is 5.90 Å². The highest BCUT2D eigenvalue weighted by molar-refractivity contribution is 6.01. The summed E-state index contributed by atoms with van der Waals surface area (Å²) in [6, 6.07) is 18.9. The van der Waals surface area contributed by atoms with Gasteiger partial charge in [-0.2, -0.15) is 0 Å². The van der Waals surface area contributed by atoms with Gasteiger partial charge in [0.15, 0.2) is 0 Å². The molecule has 0 saturated heterocycles. The van der Waals surface area contributed by atoms with Crippen LogP contribution in [-0.4, -0.2) is 18.5 Å². The zero-order valence-corrected chi connectivity index (χ0v) is 12.8. The number of hydrogen-bond donors (Lipinski definition) is 0. The lowest BCUT2D eigenvalue weighted by Crippen LogP contribution is -2.25. The van der Waals surface area contributed by atoms with Crippen molar-refractivity contribution in [3.63, 3.8) is 0 Å². The van der Waals surface area contributed by atoms with E-state index < -0.39 is 0 Å². The van der Waals surface area contributed by atoms with E-state index in [1.165, 1.54) is 11.1 Å². The summed E-state index contributed by atoms with van der Waals surface area (Å²) in [6.45, 7) is 7.28. The minimum Gasteiger partial charge on any atom is -0.475 e. The molecular formula is C19H21NO. The molecule has 3 rings (SSSR count). The Bertz CT molecular complexity index is 653. The van der Waals surface area contributed by atoms with Crippen molar-refractivity contribution >= 4 is 5.90 Å². The standard InChI is InChI=1S/C19H21NO/c1-19(2,3)17-13-21-18(20-17)16-12-8-7-11-15(16)14-9-5-4-6-10-14/h4-12,17H,13H2,1-3H3/t17-/m1/s1. The van der Waals surface area contributed by atoms with E-state index in [1.54, 1.807) is 0 Å². The van der Waals surface area contributed by atoms with Crippen LogP contribution in [0.5, 0.6) is 0 Å². The second-order valence-electron chi connectivity index (χ2n) is 6.54. The summed E-state index contributed by atoms with van der Waals surface area (Å²) in [4.78, 5) is 4.81. The van der Waals surface area contributed by atoms with E-state index in [2.05, 4.69) is 63.2 Å². The number of aliphatic imine (C=N–C) groups is 1. The molecule has 0 N–H and O–H groups in total. The molecule has 0 bridgehead atoms. The van der Waals surface area contributed by atoms with E-state index >= 15 is 0 Å². The zero-order valence-electron chi connectivity index (χ0n) is 12.8. The quantitative estimate of drug-likeness (QED) is 0.790. The lowest BCUT2D eigenvalue weighted by Gasteiger charge is -2.21. The summed E-state index contributed by atoms with van der Waals surface area (Å²) in [5.41, 5.74) is 3.57. The average molecular weight is 279 g/mol. The first-order valence-electron chi connectivity index (χ1n) is 7.41. The summed E-state index contributed by atoms with van der Waals surface area (Å²) in [5.74, 6) is 0.773. The molecular weight excluding hydrogens is 258 g/mol. The van der Waals surface area contributed by atoms with Gasteiger partial charge in [-0.3, -0.25) is 0 Å². The monoisotopic (exact) mass is 279 g/mol. The van der Waals surface area contributed by atoms with Gasteiger partial charge in [0.05, 0.1) is 6.04 Å². The summed E-state index contributed by atoms with van der Waals surface area (Å²) >= 11 is 0. The van der Waals surface area contributed by atoms with Gasteiger partial charge >= 0.3 is 0 Å². The molecule has 0 saturated carbocycles. The van der Waals surface area contributed by atoms with Crippen molar-refractivity contribution in [2.75, 3.05) is 6.61 Å². The van der Waals surface area contributed by atoms with Crippen LogP contribution in [0.3, 0.4) is 0 Å². The summed E-state index contributed by atoms with van der Waals surface area (Å²) < 4.78 is 5.89. The molecule has 0 radical (unpaired) electrons. The Hall–Kier alpha value is -2.09. The van der Waals surface area contributed by atoms with E-state index in [1.807, 2.05) is 12.1 Å². The van der Waals surface area contributed by atoms with Crippen LogP contribution in [0.15, 0.2) is 59.6 Å². The lowest BCUT2D eigenvalue weighted by atomic mass is 9.88. The molecule has 1 aliphatic heterocycles. The molecule has 21 heavy (non-hydrogen) atoms. The predicted octanol–water partition coefficient (Wildman–Crippen LogP) is 4.55. The van der Waals surface area contributed by atoms with Crippen LogP contribution >= 0.6 is 0 Å². The number of rotatable bonds is 2. The molecule has 2 aromatic rings. The Morgan fingerprint density at radius 2 is 1.52 bits per heavy atom. The molecule has 0 fully saturated rings. The molecule has 108 valence electrons. The summed E-state index contributed by atoms with van der Waals surface area (Å²) in [7, 11) is 0. The van der Waals surface area contributed by atoms with Crippen LogP contribution in [0.25, 0.3) is 11.1 Å². The van der Waals surface area contributed by atoms with Crippen molar-refractivity contribution in [1.82, 2.24) is 0 Å². The fourth-order valence-electron chi connectivity index (χ4n) is 2.50. The highest BCUT2D eigenvalue weighted by atomic mass is 16.5. The van der Waals surface area contributed by atoms with E-state index in [0.29, 0.717) is 6.61 Å². The van der Waals surface area contributed by atoms with Crippen molar-refractivity contribution in [3.05, 3.63) is 60.2 Å². The molecule has 0 amide bonds. The molecule has 2 aromatic carbocycles. The minimum atomic E-state index is 0.128. The third kappa shape index (κ3) is 2.85. The Balaban J connectivity index is 2.01. The van der Waals surface area contributed by atoms with Gasteiger partial charge in [0.25, 0.3) is 0 Å². The van der Waals surface area contributed by atoms with Crippen molar-refractivity contribution < 1.29 is 4.74 Å².